The van der Waals surface area contributed by atoms with Gasteiger partial charge >= 0.3 is 0 Å². The summed E-state index contributed by atoms with van der Waals surface area (Å²) in [6.45, 7) is 4.13. The largest absolute Gasteiger partial charge is 0.384 e. The van der Waals surface area contributed by atoms with Crippen LogP contribution in [0.1, 0.15) is 30.7 Å². The van der Waals surface area contributed by atoms with E-state index in [2.05, 4.69) is 34.9 Å². The molecular formula is C15H22N2O. The Bertz CT molecular complexity index is 388. The average Bonchev–Trinajstić information content (AvgIpc) is 3.04. The summed E-state index contributed by atoms with van der Waals surface area (Å²) in [6.07, 6.45) is 4.11. The first kappa shape index (κ1) is 12.0. The predicted octanol–water partition coefficient (Wildman–Crippen LogP) is 2.35. The highest BCUT2D eigenvalue weighted by atomic mass is 16.5. The van der Waals surface area contributed by atoms with Gasteiger partial charge in [-0.15, -0.1) is 0 Å². The second-order valence-electron chi connectivity index (χ2n) is 5.29. The van der Waals surface area contributed by atoms with Crippen LogP contribution in [0, 0.1) is 0 Å². The van der Waals surface area contributed by atoms with Gasteiger partial charge in [0.05, 0.1) is 6.10 Å². The van der Waals surface area contributed by atoms with E-state index >= 15 is 0 Å². The highest BCUT2D eigenvalue weighted by Crippen LogP contribution is 2.32. The molecule has 1 saturated heterocycles. The number of para-hydroxylation sites is 1. The fraction of sp³-hybridized carbons (Fsp3) is 0.600. The van der Waals surface area contributed by atoms with Gasteiger partial charge in [-0.1, -0.05) is 18.2 Å². The van der Waals surface area contributed by atoms with Crippen LogP contribution in [-0.2, 0) is 4.74 Å². The zero-order valence-electron chi connectivity index (χ0n) is 10.8. The van der Waals surface area contributed by atoms with E-state index in [-0.39, 0.29) is 0 Å². The molecule has 1 fully saturated rings. The van der Waals surface area contributed by atoms with Gasteiger partial charge in [0.25, 0.3) is 0 Å². The van der Waals surface area contributed by atoms with Crippen LogP contribution in [0.5, 0.6) is 0 Å². The van der Waals surface area contributed by atoms with Gasteiger partial charge in [-0.25, -0.2) is 0 Å². The van der Waals surface area contributed by atoms with Crippen LogP contribution in [0.25, 0.3) is 0 Å². The molecule has 2 aliphatic rings. The van der Waals surface area contributed by atoms with Gasteiger partial charge in [-0.3, -0.25) is 0 Å². The van der Waals surface area contributed by atoms with Crippen LogP contribution in [0.4, 0.5) is 5.69 Å². The van der Waals surface area contributed by atoms with E-state index in [0.29, 0.717) is 12.0 Å². The van der Waals surface area contributed by atoms with Crippen molar-refractivity contribution in [2.75, 3.05) is 31.6 Å². The first-order chi connectivity index (χ1) is 8.93. The smallest absolute Gasteiger partial charge is 0.0700 e. The van der Waals surface area contributed by atoms with Crippen LogP contribution >= 0.6 is 0 Å². The summed E-state index contributed by atoms with van der Waals surface area (Å²) in [7, 11) is 0. The maximum absolute atomic E-state index is 5.61. The SMILES string of the molecule is c1ccc2c(c1)NCC2CCNCC1CCCO1. The lowest BCUT2D eigenvalue weighted by atomic mass is 9.98. The molecule has 3 nitrogen and oxygen atoms in total. The molecule has 0 aliphatic carbocycles. The van der Waals surface area contributed by atoms with Gasteiger partial charge in [-0.05, 0) is 37.4 Å². The third-order valence-electron chi connectivity index (χ3n) is 4.01. The zero-order chi connectivity index (χ0) is 12.2. The van der Waals surface area contributed by atoms with Crippen LogP contribution in [0.15, 0.2) is 24.3 Å². The number of fused-ring (bicyclic) bond motifs is 1. The lowest BCUT2D eigenvalue weighted by Gasteiger charge is -2.13. The molecule has 2 aliphatic heterocycles. The third kappa shape index (κ3) is 2.68. The normalized spacial score (nSPS) is 26.0. The van der Waals surface area contributed by atoms with Crippen molar-refractivity contribution < 1.29 is 4.74 Å². The monoisotopic (exact) mass is 246 g/mol. The molecule has 18 heavy (non-hydrogen) atoms. The molecule has 0 saturated carbocycles. The van der Waals surface area contributed by atoms with Crippen molar-refractivity contribution in [3.63, 3.8) is 0 Å². The van der Waals surface area contributed by atoms with E-state index < -0.39 is 0 Å². The van der Waals surface area contributed by atoms with Gasteiger partial charge in [0, 0.05) is 31.3 Å². The number of nitrogens with one attached hydrogen (secondary N) is 2. The Balaban J connectivity index is 1.41. The topological polar surface area (TPSA) is 33.3 Å². The van der Waals surface area contributed by atoms with Crippen molar-refractivity contribution >= 4 is 5.69 Å². The first-order valence-electron chi connectivity index (χ1n) is 7.08. The van der Waals surface area contributed by atoms with Gasteiger partial charge in [0.1, 0.15) is 0 Å². The quantitative estimate of drug-likeness (QED) is 0.782. The zero-order valence-corrected chi connectivity index (χ0v) is 10.8. The molecule has 98 valence electrons. The predicted molar refractivity (Wildman–Crippen MR) is 74.1 cm³/mol. The summed E-state index contributed by atoms with van der Waals surface area (Å²) in [4.78, 5) is 0. The second-order valence-corrected chi connectivity index (χ2v) is 5.29. The van der Waals surface area contributed by atoms with Crippen molar-refractivity contribution in [2.24, 2.45) is 0 Å². The maximum atomic E-state index is 5.61. The summed E-state index contributed by atoms with van der Waals surface area (Å²) >= 11 is 0. The van der Waals surface area contributed by atoms with Crippen molar-refractivity contribution in [1.82, 2.24) is 5.32 Å². The molecule has 1 aromatic rings. The molecule has 2 atom stereocenters. The Morgan fingerprint density at radius 3 is 3.17 bits per heavy atom. The molecule has 0 bridgehead atoms. The average molecular weight is 246 g/mol. The molecule has 3 rings (SSSR count). The van der Waals surface area contributed by atoms with Crippen molar-refractivity contribution in [2.45, 2.75) is 31.3 Å². The number of rotatable bonds is 5. The molecule has 2 heterocycles. The summed E-state index contributed by atoms with van der Waals surface area (Å²) in [5, 5.41) is 7.01. The Morgan fingerprint density at radius 1 is 1.33 bits per heavy atom. The van der Waals surface area contributed by atoms with Crippen LogP contribution in [0.2, 0.25) is 0 Å². The van der Waals surface area contributed by atoms with Crippen LogP contribution in [0.3, 0.4) is 0 Å². The standard InChI is InChI=1S/C15H22N2O/c1-2-6-15-14(5-1)12(10-17-15)7-8-16-11-13-4-3-9-18-13/h1-2,5-6,12-13,16-17H,3-4,7-11H2. The fourth-order valence-corrected chi connectivity index (χ4v) is 2.96. The molecule has 0 spiro atoms. The minimum atomic E-state index is 0.457. The highest BCUT2D eigenvalue weighted by Gasteiger charge is 2.21. The van der Waals surface area contributed by atoms with Crippen molar-refractivity contribution in [1.29, 1.82) is 0 Å². The van der Waals surface area contributed by atoms with Gasteiger partial charge in [-0.2, -0.15) is 0 Å². The first-order valence-corrected chi connectivity index (χ1v) is 7.08. The summed E-state index contributed by atoms with van der Waals surface area (Å²) in [5.74, 6) is 0.665. The van der Waals surface area contributed by atoms with E-state index in [9.17, 15) is 0 Å². The molecule has 0 amide bonds. The number of benzene rings is 1. The Kier molecular flexibility index (Phi) is 3.81. The lowest BCUT2D eigenvalue weighted by molar-refractivity contribution is 0.110. The second kappa shape index (κ2) is 5.72. The van der Waals surface area contributed by atoms with Crippen molar-refractivity contribution in [3.8, 4) is 0 Å². The van der Waals surface area contributed by atoms with E-state index in [1.54, 1.807) is 0 Å². The molecular weight excluding hydrogens is 224 g/mol. The third-order valence-corrected chi connectivity index (χ3v) is 4.01. The number of hydrogen-bond acceptors (Lipinski definition) is 3. The van der Waals surface area contributed by atoms with Gasteiger partial charge < -0.3 is 15.4 Å². The number of ether oxygens (including phenoxy) is 1. The molecule has 2 unspecified atom stereocenters. The van der Waals surface area contributed by atoms with Crippen LogP contribution in [-0.4, -0.2) is 32.3 Å². The molecule has 0 radical (unpaired) electrons. The summed E-state index contributed by atoms with van der Waals surface area (Å²) < 4.78 is 5.61. The van der Waals surface area contributed by atoms with Gasteiger partial charge in [0.2, 0.25) is 0 Å². The Morgan fingerprint density at radius 2 is 2.28 bits per heavy atom. The Labute approximate surface area is 109 Å². The van der Waals surface area contributed by atoms with E-state index in [1.807, 2.05) is 0 Å². The molecule has 0 aromatic heterocycles. The number of hydrogen-bond donors (Lipinski definition) is 2. The minimum Gasteiger partial charge on any atom is -0.384 e. The highest BCUT2D eigenvalue weighted by molar-refractivity contribution is 5.57. The fourth-order valence-electron chi connectivity index (χ4n) is 2.96. The minimum absolute atomic E-state index is 0.457. The summed E-state index contributed by atoms with van der Waals surface area (Å²) in [6, 6.07) is 8.66. The lowest BCUT2D eigenvalue weighted by Crippen LogP contribution is -2.28. The maximum Gasteiger partial charge on any atom is 0.0700 e. The van der Waals surface area contributed by atoms with E-state index in [0.717, 1.165) is 26.2 Å². The molecule has 3 heteroatoms. The summed E-state index contributed by atoms with van der Waals surface area (Å²) in [5.41, 5.74) is 2.80. The van der Waals surface area contributed by atoms with Gasteiger partial charge in [0.15, 0.2) is 0 Å². The van der Waals surface area contributed by atoms with Crippen molar-refractivity contribution in [3.05, 3.63) is 29.8 Å². The Hall–Kier alpha value is -1.06. The van der Waals surface area contributed by atoms with Crippen LogP contribution < -0.4 is 10.6 Å². The van der Waals surface area contributed by atoms with E-state index in [4.69, 9.17) is 4.74 Å². The van der Waals surface area contributed by atoms with E-state index in [1.165, 1.54) is 30.5 Å². The molecule has 2 N–H and O–H groups in total. The molecule has 1 aromatic carbocycles. The number of anilines is 1.